The van der Waals surface area contributed by atoms with Crippen molar-refractivity contribution in [1.29, 1.82) is 0 Å². The molecule has 1 aliphatic carbocycles. The first kappa shape index (κ1) is 16.7. The molecule has 3 nitrogen and oxygen atoms in total. The lowest BCUT2D eigenvalue weighted by atomic mass is 10.1. The maximum atomic E-state index is 11.7. The van der Waals surface area contributed by atoms with E-state index in [9.17, 15) is 13.2 Å². The van der Waals surface area contributed by atoms with Crippen molar-refractivity contribution in [3.05, 3.63) is 0 Å². The van der Waals surface area contributed by atoms with Gasteiger partial charge < -0.3 is 5.32 Å². The highest BCUT2D eigenvalue weighted by atomic mass is 19.4. The number of halogens is 3. The van der Waals surface area contributed by atoms with Crippen LogP contribution in [0.3, 0.4) is 0 Å². The number of rotatable bonds is 8. The molecule has 0 radical (unpaired) electrons. The predicted octanol–water partition coefficient (Wildman–Crippen LogP) is 2.77. The van der Waals surface area contributed by atoms with Gasteiger partial charge >= 0.3 is 6.36 Å². The molecule has 0 heterocycles. The third-order valence-corrected chi connectivity index (χ3v) is 3.55. The van der Waals surface area contributed by atoms with Gasteiger partial charge in [0.25, 0.3) is 0 Å². The van der Waals surface area contributed by atoms with Gasteiger partial charge in [0.15, 0.2) is 0 Å². The zero-order chi connectivity index (χ0) is 14.3. The second-order valence-electron chi connectivity index (χ2n) is 5.31. The lowest BCUT2D eigenvalue weighted by Gasteiger charge is -2.32. The molecule has 1 N–H and O–H groups in total. The Kier molecular flexibility index (Phi) is 7.10. The Balaban J connectivity index is 2.11. The van der Waals surface area contributed by atoms with Crippen molar-refractivity contribution < 1.29 is 17.9 Å². The van der Waals surface area contributed by atoms with E-state index in [0.29, 0.717) is 18.6 Å². The van der Waals surface area contributed by atoms with Crippen LogP contribution in [0.1, 0.15) is 39.5 Å². The van der Waals surface area contributed by atoms with Crippen molar-refractivity contribution >= 4 is 0 Å². The van der Waals surface area contributed by atoms with Gasteiger partial charge in [0.05, 0.1) is 6.61 Å². The van der Waals surface area contributed by atoms with Gasteiger partial charge in [-0.1, -0.05) is 12.8 Å². The summed E-state index contributed by atoms with van der Waals surface area (Å²) in [6.45, 7) is 5.84. The van der Waals surface area contributed by atoms with E-state index in [1.165, 1.54) is 25.7 Å². The smallest absolute Gasteiger partial charge is 0.313 e. The summed E-state index contributed by atoms with van der Waals surface area (Å²) in [6, 6.07) is 1.13. The van der Waals surface area contributed by atoms with Crippen LogP contribution in [0.4, 0.5) is 13.2 Å². The quantitative estimate of drug-likeness (QED) is 0.693. The van der Waals surface area contributed by atoms with E-state index in [1.54, 1.807) is 0 Å². The van der Waals surface area contributed by atoms with Gasteiger partial charge in [0, 0.05) is 31.7 Å². The van der Waals surface area contributed by atoms with Crippen LogP contribution in [-0.4, -0.2) is 49.6 Å². The minimum absolute atomic E-state index is 0.232. The summed E-state index contributed by atoms with van der Waals surface area (Å²) in [4.78, 5) is 2.45. The fourth-order valence-corrected chi connectivity index (χ4v) is 2.67. The number of nitrogens with one attached hydrogen (secondary N) is 1. The van der Waals surface area contributed by atoms with Gasteiger partial charge in [0.1, 0.15) is 0 Å². The minimum atomic E-state index is -4.52. The minimum Gasteiger partial charge on any atom is -0.313 e. The van der Waals surface area contributed by atoms with Gasteiger partial charge in [-0.05, 0) is 26.7 Å². The highest BCUT2D eigenvalue weighted by molar-refractivity contribution is 4.80. The van der Waals surface area contributed by atoms with Crippen LogP contribution < -0.4 is 5.32 Å². The Labute approximate surface area is 113 Å². The van der Waals surface area contributed by atoms with Gasteiger partial charge in [-0.3, -0.25) is 9.64 Å². The molecule has 0 aromatic rings. The van der Waals surface area contributed by atoms with E-state index in [2.05, 4.69) is 28.8 Å². The molecule has 0 atom stereocenters. The normalized spacial score (nSPS) is 17.8. The van der Waals surface area contributed by atoms with E-state index in [0.717, 1.165) is 6.54 Å². The van der Waals surface area contributed by atoms with E-state index in [1.807, 2.05) is 0 Å². The summed E-state index contributed by atoms with van der Waals surface area (Å²) in [5.74, 6) is 0. The fraction of sp³-hybridized carbons (Fsp3) is 1.00. The molecular formula is C13H25F3N2O. The summed E-state index contributed by atoms with van der Waals surface area (Å²) in [7, 11) is 0. The van der Waals surface area contributed by atoms with Crippen LogP contribution in [0.2, 0.25) is 0 Å². The molecule has 1 fully saturated rings. The third kappa shape index (κ3) is 7.13. The average Bonchev–Trinajstić information content (AvgIpc) is 2.79. The van der Waals surface area contributed by atoms with Crippen molar-refractivity contribution in [2.45, 2.75) is 58.0 Å². The van der Waals surface area contributed by atoms with Gasteiger partial charge in [-0.2, -0.15) is 0 Å². The standard InChI is InChI=1S/C13H25F3N2O/c1-11(2)18(12-5-3-4-6-12)9-7-17-8-10-19-13(14,15)16/h11-12,17H,3-10H2,1-2H3. The van der Waals surface area contributed by atoms with Crippen LogP contribution in [0.15, 0.2) is 0 Å². The zero-order valence-corrected chi connectivity index (χ0v) is 11.8. The third-order valence-electron chi connectivity index (χ3n) is 3.55. The molecule has 0 aliphatic heterocycles. The number of hydrogen-bond acceptors (Lipinski definition) is 3. The lowest BCUT2D eigenvalue weighted by Crippen LogP contribution is -2.43. The number of nitrogens with zero attached hydrogens (tertiary/aromatic N) is 1. The Morgan fingerprint density at radius 1 is 1.21 bits per heavy atom. The van der Waals surface area contributed by atoms with Crippen molar-refractivity contribution in [2.24, 2.45) is 0 Å². The zero-order valence-electron chi connectivity index (χ0n) is 11.8. The van der Waals surface area contributed by atoms with Crippen LogP contribution in [-0.2, 0) is 4.74 Å². The highest BCUT2D eigenvalue weighted by Gasteiger charge is 2.28. The molecule has 114 valence electrons. The van der Waals surface area contributed by atoms with Crippen LogP contribution in [0.5, 0.6) is 0 Å². The van der Waals surface area contributed by atoms with Crippen molar-refractivity contribution in [3.63, 3.8) is 0 Å². The number of ether oxygens (including phenoxy) is 1. The Bertz CT molecular complexity index is 241. The largest absolute Gasteiger partial charge is 0.522 e. The second-order valence-corrected chi connectivity index (χ2v) is 5.31. The second kappa shape index (κ2) is 8.07. The van der Waals surface area contributed by atoms with Crippen LogP contribution in [0.25, 0.3) is 0 Å². The summed E-state index contributed by atoms with van der Waals surface area (Å²) in [6.07, 6.45) is 0.557. The topological polar surface area (TPSA) is 24.5 Å². The molecule has 1 rings (SSSR count). The SMILES string of the molecule is CC(C)N(CCNCCOC(F)(F)F)C1CCCC1. The molecule has 0 unspecified atom stereocenters. The molecule has 0 bridgehead atoms. The molecule has 0 aromatic heterocycles. The van der Waals surface area contributed by atoms with Crippen LogP contribution >= 0.6 is 0 Å². The average molecular weight is 282 g/mol. The maximum absolute atomic E-state index is 11.7. The van der Waals surface area contributed by atoms with Crippen molar-refractivity contribution in [1.82, 2.24) is 10.2 Å². The number of hydrogen-bond donors (Lipinski definition) is 1. The first-order chi connectivity index (χ1) is 8.90. The summed E-state index contributed by atoms with van der Waals surface area (Å²) in [5.41, 5.74) is 0. The summed E-state index contributed by atoms with van der Waals surface area (Å²) >= 11 is 0. The first-order valence-electron chi connectivity index (χ1n) is 7.07. The van der Waals surface area contributed by atoms with Crippen molar-refractivity contribution in [2.75, 3.05) is 26.2 Å². The van der Waals surface area contributed by atoms with Crippen LogP contribution in [0, 0.1) is 0 Å². The van der Waals surface area contributed by atoms with E-state index < -0.39 is 6.36 Å². The predicted molar refractivity (Wildman–Crippen MR) is 69.0 cm³/mol. The van der Waals surface area contributed by atoms with E-state index in [4.69, 9.17) is 0 Å². The molecule has 0 saturated heterocycles. The van der Waals surface area contributed by atoms with E-state index >= 15 is 0 Å². The van der Waals surface area contributed by atoms with Crippen molar-refractivity contribution in [3.8, 4) is 0 Å². The highest BCUT2D eigenvalue weighted by Crippen LogP contribution is 2.24. The summed E-state index contributed by atoms with van der Waals surface area (Å²) < 4.78 is 38.9. The Hall–Kier alpha value is -0.330. The molecule has 19 heavy (non-hydrogen) atoms. The molecule has 6 heteroatoms. The Morgan fingerprint density at radius 2 is 1.84 bits per heavy atom. The van der Waals surface area contributed by atoms with Gasteiger partial charge in [-0.25, -0.2) is 0 Å². The fourth-order valence-electron chi connectivity index (χ4n) is 2.67. The van der Waals surface area contributed by atoms with Gasteiger partial charge in [-0.15, -0.1) is 13.2 Å². The number of alkyl halides is 3. The van der Waals surface area contributed by atoms with E-state index in [-0.39, 0.29) is 13.2 Å². The lowest BCUT2D eigenvalue weighted by molar-refractivity contribution is -0.323. The monoisotopic (exact) mass is 282 g/mol. The Morgan fingerprint density at radius 3 is 2.37 bits per heavy atom. The maximum Gasteiger partial charge on any atom is 0.522 e. The molecule has 1 aliphatic rings. The molecule has 0 spiro atoms. The molecule has 0 aromatic carbocycles. The molecular weight excluding hydrogens is 257 g/mol. The summed E-state index contributed by atoms with van der Waals surface area (Å²) in [5, 5.41) is 3.00. The molecule has 1 saturated carbocycles. The first-order valence-corrected chi connectivity index (χ1v) is 7.07. The van der Waals surface area contributed by atoms with Gasteiger partial charge in [0.2, 0.25) is 0 Å². The molecule has 0 amide bonds.